The summed E-state index contributed by atoms with van der Waals surface area (Å²) in [5.41, 5.74) is 1.84. The molecule has 1 aromatic heterocycles. The normalized spacial score (nSPS) is 16.4. The van der Waals surface area contributed by atoms with Gasteiger partial charge in [0.05, 0.1) is 31.4 Å². The molecular weight excluding hydrogens is 438 g/mol. The molecule has 2 aromatic carbocycles. The van der Waals surface area contributed by atoms with Gasteiger partial charge in [0.25, 0.3) is 0 Å². The Morgan fingerprint density at radius 1 is 1.11 bits per heavy atom. The van der Waals surface area contributed by atoms with Crippen LogP contribution in [0.5, 0.6) is 0 Å². The summed E-state index contributed by atoms with van der Waals surface area (Å²) in [6.45, 7) is 4.04. The van der Waals surface area contributed by atoms with E-state index in [2.05, 4.69) is 20.8 Å². The van der Waals surface area contributed by atoms with Crippen LogP contribution in [0.1, 0.15) is 17.5 Å². The highest BCUT2D eigenvalue weighted by molar-refractivity contribution is 9.10. The van der Waals surface area contributed by atoms with Crippen molar-refractivity contribution < 1.29 is 9.84 Å². The molecule has 7 heteroatoms. The predicted octanol–water partition coefficient (Wildman–Crippen LogP) is 4.05. The predicted molar refractivity (Wildman–Crippen MR) is 115 cm³/mol. The summed E-state index contributed by atoms with van der Waals surface area (Å²) in [6.07, 6.45) is -0.557. The molecule has 1 N–H and O–H groups in total. The Labute approximate surface area is 177 Å². The number of halogens is 1. The van der Waals surface area contributed by atoms with Crippen molar-refractivity contribution in [3.63, 3.8) is 0 Å². The van der Waals surface area contributed by atoms with Gasteiger partial charge in [0.15, 0.2) is 0 Å². The SMILES string of the molecule is OC(CSc1nc(CN2CCOCC2)nc2ccccc12)c1cccc(Br)c1. The Balaban J connectivity index is 1.54. The van der Waals surface area contributed by atoms with Gasteiger partial charge >= 0.3 is 0 Å². The van der Waals surface area contributed by atoms with E-state index in [1.807, 2.05) is 48.5 Å². The van der Waals surface area contributed by atoms with Gasteiger partial charge < -0.3 is 9.84 Å². The first kappa shape index (κ1) is 19.8. The smallest absolute Gasteiger partial charge is 0.144 e. The molecule has 0 bridgehead atoms. The van der Waals surface area contributed by atoms with E-state index >= 15 is 0 Å². The quantitative estimate of drug-likeness (QED) is 0.443. The van der Waals surface area contributed by atoms with E-state index in [9.17, 15) is 5.11 Å². The van der Waals surface area contributed by atoms with Crippen LogP contribution in [-0.4, -0.2) is 52.0 Å². The van der Waals surface area contributed by atoms with Gasteiger partial charge in [0.1, 0.15) is 10.9 Å². The topological polar surface area (TPSA) is 58.5 Å². The van der Waals surface area contributed by atoms with Crippen LogP contribution in [0.3, 0.4) is 0 Å². The van der Waals surface area contributed by atoms with Crippen LogP contribution in [0, 0.1) is 0 Å². The summed E-state index contributed by atoms with van der Waals surface area (Å²) in [6, 6.07) is 15.9. The van der Waals surface area contributed by atoms with E-state index in [1.165, 1.54) is 0 Å². The number of nitrogens with zero attached hydrogens (tertiary/aromatic N) is 3. The summed E-state index contributed by atoms with van der Waals surface area (Å²) in [7, 11) is 0. The minimum atomic E-state index is -0.557. The Morgan fingerprint density at radius 2 is 1.93 bits per heavy atom. The van der Waals surface area contributed by atoms with E-state index in [-0.39, 0.29) is 0 Å². The first-order valence-corrected chi connectivity index (χ1v) is 11.1. The van der Waals surface area contributed by atoms with Crippen LogP contribution in [0.15, 0.2) is 58.0 Å². The van der Waals surface area contributed by atoms with Gasteiger partial charge in [-0.25, -0.2) is 9.97 Å². The molecule has 5 nitrogen and oxygen atoms in total. The molecule has 0 spiro atoms. The molecule has 1 aliphatic rings. The van der Waals surface area contributed by atoms with E-state index in [0.717, 1.165) is 64.6 Å². The average Bonchev–Trinajstić information content (AvgIpc) is 2.72. The zero-order chi connectivity index (χ0) is 19.3. The van der Waals surface area contributed by atoms with Crippen LogP contribution >= 0.6 is 27.7 Å². The fourth-order valence-corrected chi connectivity index (χ4v) is 4.62. The maximum absolute atomic E-state index is 10.6. The Hall–Kier alpha value is -1.51. The van der Waals surface area contributed by atoms with Crippen molar-refractivity contribution in [3.05, 3.63) is 64.4 Å². The van der Waals surface area contributed by atoms with Crippen LogP contribution in [0.4, 0.5) is 0 Å². The molecule has 0 amide bonds. The summed E-state index contributed by atoms with van der Waals surface area (Å²) in [4.78, 5) is 11.9. The van der Waals surface area contributed by atoms with Crippen molar-refractivity contribution in [1.82, 2.24) is 14.9 Å². The van der Waals surface area contributed by atoms with Crippen LogP contribution in [0.2, 0.25) is 0 Å². The van der Waals surface area contributed by atoms with Crippen molar-refractivity contribution in [2.24, 2.45) is 0 Å². The largest absolute Gasteiger partial charge is 0.388 e. The molecule has 3 aromatic rings. The summed E-state index contributed by atoms with van der Waals surface area (Å²) in [5.74, 6) is 1.36. The number of hydrogen-bond acceptors (Lipinski definition) is 6. The van der Waals surface area contributed by atoms with Gasteiger partial charge in [-0.1, -0.05) is 46.3 Å². The highest BCUT2D eigenvalue weighted by Crippen LogP contribution is 2.30. The molecule has 4 rings (SSSR count). The molecular formula is C21H22BrN3O2S. The maximum atomic E-state index is 10.6. The lowest BCUT2D eigenvalue weighted by Crippen LogP contribution is -2.36. The Bertz CT molecular complexity index is 950. The third-order valence-electron chi connectivity index (χ3n) is 4.69. The summed E-state index contributed by atoms with van der Waals surface area (Å²) >= 11 is 5.04. The molecule has 1 atom stereocenters. The molecule has 1 unspecified atom stereocenters. The number of ether oxygens (including phenoxy) is 1. The van der Waals surface area contributed by atoms with Crippen molar-refractivity contribution in [3.8, 4) is 0 Å². The molecule has 1 aliphatic heterocycles. The fraction of sp³-hybridized carbons (Fsp3) is 0.333. The van der Waals surface area contributed by atoms with Gasteiger partial charge in [-0.3, -0.25) is 4.90 Å². The van der Waals surface area contributed by atoms with Crippen LogP contribution in [-0.2, 0) is 11.3 Å². The minimum Gasteiger partial charge on any atom is -0.388 e. The van der Waals surface area contributed by atoms with Gasteiger partial charge in [0, 0.05) is 28.7 Å². The first-order chi connectivity index (χ1) is 13.7. The number of aliphatic hydroxyl groups excluding tert-OH is 1. The Kier molecular flexibility index (Phi) is 6.59. The molecule has 28 heavy (non-hydrogen) atoms. The number of thioether (sulfide) groups is 1. The highest BCUT2D eigenvalue weighted by atomic mass is 79.9. The molecule has 2 heterocycles. The lowest BCUT2D eigenvalue weighted by molar-refractivity contribution is 0.0330. The van der Waals surface area contributed by atoms with Crippen molar-refractivity contribution in [2.75, 3.05) is 32.1 Å². The van der Waals surface area contributed by atoms with Crippen molar-refractivity contribution in [2.45, 2.75) is 17.7 Å². The zero-order valence-corrected chi connectivity index (χ0v) is 17.8. The first-order valence-electron chi connectivity index (χ1n) is 9.31. The number of aliphatic hydroxyl groups is 1. The van der Waals surface area contributed by atoms with Gasteiger partial charge in [-0.15, -0.1) is 11.8 Å². The molecule has 1 fully saturated rings. The second-order valence-corrected chi connectivity index (χ2v) is 8.66. The van der Waals surface area contributed by atoms with E-state index < -0.39 is 6.10 Å². The highest BCUT2D eigenvalue weighted by Gasteiger charge is 2.16. The third kappa shape index (κ3) is 4.90. The second-order valence-electron chi connectivity index (χ2n) is 6.73. The van der Waals surface area contributed by atoms with Gasteiger partial charge in [0.2, 0.25) is 0 Å². The maximum Gasteiger partial charge on any atom is 0.144 e. The summed E-state index contributed by atoms with van der Waals surface area (Å²) < 4.78 is 6.40. The van der Waals surface area contributed by atoms with Crippen LogP contribution in [0.25, 0.3) is 10.9 Å². The second kappa shape index (κ2) is 9.33. The van der Waals surface area contributed by atoms with E-state index in [1.54, 1.807) is 11.8 Å². The van der Waals surface area contributed by atoms with Crippen molar-refractivity contribution in [1.29, 1.82) is 0 Å². The number of hydrogen-bond donors (Lipinski definition) is 1. The van der Waals surface area contributed by atoms with Crippen LogP contribution < -0.4 is 0 Å². The molecule has 146 valence electrons. The van der Waals surface area contributed by atoms with E-state index in [4.69, 9.17) is 14.7 Å². The Morgan fingerprint density at radius 3 is 2.75 bits per heavy atom. The molecule has 1 saturated heterocycles. The summed E-state index contributed by atoms with van der Waals surface area (Å²) in [5, 5.41) is 12.5. The fourth-order valence-electron chi connectivity index (χ4n) is 3.20. The lowest BCUT2D eigenvalue weighted by Gasteiger charge is -2.26. The average molecular weight is 460 g/mol. The molecule has 0 aliphatic carbocycles. The zero-order valence-electron chi connectivity index (χ0n) is 15.4. The van der Waals surface area contributed by atoms with Gasteiger partial charge in [-0.05, 0) is 23.8 Å². The van der Waals surface area contributed by atoms with Crippen molar-refractivity contribution >= 4 is 38.6 Å². The van der Waals surface area contributed by atoms with Gasteiger partial charge in [-0.2, -0.15) is 0 Å². The number of morpholine rings is 1. The number of rotatable bonds is 6. The standard InChI is InChI=1S/C21H22BrN3O2S/c22-16-5-3-4-15(12-16)19(26)14-28-21-17-6-1-2-7-18(17)23-20(24-21)13-25-8-10-27-11-9-25/h1-7,12,19,26H,8-11,13-14H2. The monoisotopic (exact) mass is 459 g/mol. The third-order valence-corrected chi connectivity index (χ3v) is 6.25. The molecule has 0 saturated carbocycles. The minimum absolute atomic E-state index is 0.536. The number of aromatic nitrogens is 2. The number of fused-ring (bicyclic) bond motifs is 1. The molecule has 0 radical (unpaired) electrons. The number of benzene rings is 2. The number of para-hydroxylation sites is 1. The van der Waals surface area contributed by atoms with E-state index in [0.29, 0.717) is 5.75 Å². The lowest BCUT2D eigenvalue weighted by atomic mass is 10.1.